The average molecular weight is 295 g/mol. The molecule has 0 fully saturated rings. The fraction of sp³-hybridized carbons (Fsp3) is 0.533. The molecule has 0 aromatic heterocycles. The molecule has 0 saturated carbocycles. The second-order valence-electron chi connectivity index (χ2n) is 4.94. The number of benzene rings is 1. The maximum absolute atomic E-state index is 5.74. The molecule has 0 bridgehead atoms. The van der Waals surface area contributed by atoms with Crippen LogP contribution < -0.4 is 25.3 Å². The number of hydrogen-bond donors (Lipinski definition) is 2. The number of guanidine groups is 1. The van der Waals surface area contributed by atoms with Crippen LogP contribution in [0.5, 0.6) is 17.2 Å². The molecule has 0 atom stereocenters. The van der Waals surface area contributed by atoms with E-state index in [1.807, 2.05) is 0 Å². The molecule has 3 N–H and O–H groups in total. The van der Waals surface area contributed by atoms with Crippen LogP contribution in [0, 0.1) is 5.92 Å². The van der Waals surface area contributed by atoms with Gasteiger partial charge in [-0.15, -0.1) is 0 Å². The number of ether oxygens (including phenoxy) is 3. The molecule has 1 aromatic carbocycles. The molecule has 0 unspecified atom stereocenters. The molecular formula is C15H25N3O3. The summed E-state index contributed by atoms with van der Waals surface area (Å²) >= 11 is 0. The summed E-state index contributed by atoms with van der Waals surface area (Å²) in [5.41, 5.74) is 5.74. The molecule has 21 heavy (non-hydrogen) atoms. The van der Waals surface area contributed by atoms with E-state index in [-0.39, 0.29) is 0 Å². The zero-order chi connectivity index (χ0) is 15.7. The first-order valence-corrected chi connectivity index (χ1v) is 6.94. The molecule has 0 amide bonds. The van der Waals surface area contributed by atoms with Gasteiger partial charge in [-0.2, -0.15) is 0 Å². The van der Waals surface area contributed by atoms with Gasteiger partial charge in [0.25, 0.3) is 0 Å². The van der Waals surface area contributed by atoms with E-state index in [1.165, 1.54) is 0 Å². The van der Waals surface area contributed by atoms with Crippen LogP contribution in [0.3, 0.4) is 0 Å². The lowest BCUT2D eigenvalue weighted by molar-refractivity contribution is 0.315. The van der Waals surface area contributed by atoms with E-state index >= 15 is 0 Å². The van der Waals surface area contributed by atoms with Crippen molar-refractivity contribution in [2.24, 2.45) is 16.6 Å². The lowest BCUT2D eigenvalue weighted by Gasteiger charge is -2.11. The summed E-state index contributed by atoms with van der Waals surface area (Å²) in [5.74, 6) is 3.00. The number of aliphatic imine (C=N–C) groups is 1. The SMILES string of the molecule is COc1cc(OC)cc(OCCNC(N)=NCC(C)C)c1. The van der Waals surface area contributed by atoms with Crippen LogP contribution in [0.15, 0.2) is 23.2 Å². The lowest BCUT2D eigenvalue weighted by Crippen LogP contribution is -2.35. The highest BCUT2D eigenvalue weighted by molar-refractivity contribution is 5.77. The van der Waals surface area contributed by atoms with Crippen molar-refractivity contribution in [3.8, 4) is 17.2 Å². The number of nitrogens with one attached hydrogen (secondary N) is 1. The van der Waals surface area contributed by atoms with Crippen LogP contribution in [-0.2, 0) is 0 Å². The first-order chi connectivity index (χ1) is 10.0. The summed E-state index contributed by atoms with van der Waals surface area (Å²) < 4.78 is 16.0. The molecule has 0 aliphatic heterocycles. The third kappa shape index (κ3) is 6.74. The molecule has 1 rings (SSSR count). The summed E-state index contributed by atoms with van der Waals surface area (Å²) in [6, 6.07) is 5.40. The highest BCUT2D eigenvalue weighted by atomic mass is 16.5. The first kappa shape index (κ1) is 16.9. The molecule has 0 radical (unpaired) electrons. The molecule has 0 aliphatic rings. The predicted octanol–water partition coefficient (Wildman–Crippen LogP) is 1.64. The molecule has 6 heteroatoms. The second-order valence-corrected chi connectivity index (χ2v) is 4.94. The van der Waals surface area contributed by atoms with Crippen LogP contribution in [-0.4, -0.2) is 39.9 Å². The maximum Gasteiger partial charge on any atom is 0.188 e. The Balaban J connectivity index is 2.40. The zero-order valence-corrected chi connectivity index (χ0v) is 13.2. The Morgan fingerprint density at radius 1 is 1.14 bits per heavy atom. The van der Waals surface area contributed by atoms with E-state index in [0.717, 1.165) is 0 Å². The Kier molecular flexibility index (Phi) is 7.21. The van der Waals surface area contributed by atoms with E-state index in [0.29, 0.717) is 48.8 Å². The number of hydrogen-bond acceptors (Lipinski definition) is 4. The van der Waals surface area contributed by atoms with Crippen molar-refractivity contribution in [1.82, 2.24) is 5.32 Å². The van der Waals surface area contributed by atoms with Gasteiger partial charge >= 0.3 is 0 Å². The Bertz CT molecular complexity index is 439. The van der Waals surface area contributed by atoms with Crippen molar-refractivity contribution in [2.75, 3.05) is 33.9 Å². The van der Waals surface area contributed by atoms with Crippen LogP contribution in [0.4, 0.5) is 0 Å². The van der Waals surface area contributed by atoms with Crippen molar-refractivity contribution < 1.29 is 14.2 Å². The number of rotatable bonds is 8. The third-order valence-corrected chi connectivity index (χ3v) is 2.63. The molecule has 0 saturated heterocycles. The summed E-state index contributed by atoms with van der Waals surface area (Å²) in [6.45, 7) is 5.94. The van der Waals surface area contributed by atoms with Crippen molar-refractivity contribution in [3.63, 3.8) is 0 Å². The van der Waals surface area contributed by atoms with Gasteiger partial charge in [0.2, 0.25) is 0 Å². The number of nitrogens with two attached hydrogens (primary N) is 1. The van der Waals surface area contributed by atoms with Gasteiger partial charge in [-0.25, -0.2) is 0 Å². The van der Waals surface area contributed by atoms with Gasteiger partial charge in [0.15, 0.2) is 5.96 Å². The van der Waals surface area contributed by atoms with Gasteiger partial charge in [0.1, 0.15) is 23.9 Å². The van der Waals surface area contributed by atoms with Crippen LogP contribution in [0.1, 0.15) is 13.8 Å². The van der Waals surface area contributed by atoms with Crippen LogP contribution >= 0.6 is 0 Å². The molecule has 0 spiro atoms. The van der Waals surface area contributed by atoms with Gasteiger partial charge < -0.3 is 25.3 Å². The minimum absolute atomic E-state index is 0.440. The van der Waals surface area contributed by atoms with Crippen LogP contribution in [0.2, 0.25) is 0 Å². The standard InChI is InChI=1S/C15H25N3O3/c1-11(2)10-18-15(16)17-5-6-21-14-8-12(19-3)7-13(9-14)20-4/h7-9,11H,5-6,10H2,1-4H3,(H3,16,17,18). The maximum atomic E-state index is 5.74. The van der Waals surface area contributed by atoms with E-state index in [1.54, 1.807) is 32.4 Å². The Morgan fingerprint density at radius 3 is 2.24 bits per heavy atom. The summed E-state index contributed by atoms with van der Waals surface area (Å²) in [7, 11) is 3.21. The monoisotopic (exact) mass is 295 g/mol. The second kappa shape index (κ2) is 8.94. The Hall–Kier alpha value is -2.11. The zero-order valence-electron chi connectivity index (χ0n) is 13.2. The van der Waals surface area contributed by atoms with Crippen molar-refractivity contribution in [3.05, 3.63) is 18.2 Å². The Morgan fingerprint density at radius 2 is 1.71 bits per heavy atom. The molecule has 1 aromatic rings. The van der Waals surface area contributed by atoms with Crippen molar-refractivity contribution >= 4 is 5.96 Å². The molecule has 6 nitrogen and oxygen atoms in total. The largest absolute Gasteiger partial charge is 0.496 e. The molecule has 0 heterocycles. The number of nitrogens with zero attached hydrogens (tertiary/aromatic N) is 1. The minimum Gasteiger partial charge on any atom is -0.496 e. The third-order valence-electron chi connectivity index (χ3n) is 2.63. The van der Waals surface area contributed by atoms with Gasteiger partial charge in [-0.3, -0.25) is 4.99 Å². The smallest absolute Gasteiger partial charge is 0.188 e. The summed E-state index contributed by atoms with van der Waals surface area (Å²) in [6.07, 6.45) is 0. The van der Waals surface area contributed by atoms with E-state index in [4.69, 9.17) is 19.9 Å². The van der Waals surface area contributed by atoms with Gasteiger partial charge in [-0.05, 0) is 5.92 Å². The van der Waals surface area contributed by atoms with Gasteiger partial charge in [0.05, 0.1) is 20.8 Å². The normalized spacial score (nSPS) is 11.4. The predicted molar refractivity (Wildman–Crippen MR) is 84.4 cm³/mol. The fourth-order valence-electron chi connectivity index (χ4n) is 1.55. The van der Waals surface area contributed by atoms with Crippen molar-refractivity contribution in [1.29, 1.82) is 0 Å². The van der Waals surface area contributed by atoms with Crippen molar-refractivity contribution in [2.45, 2.75) is 13.8 Å². The van der Waals surface area contributed by atoms with Gasteiger partial charge in [0, 0.05) is 24.7 Å². The van der Waals surface area contributed by atoms with Crippen LogP contribution in [0.25, 0.3) is 0 Å². The number of methoxy groups -OCH3 is 2. The topological polar surface area (TPSA) is 78.1 Å². The highest BCUT2D eigenvalue weighted by Crippen LogP contribution is 2.27. The highest BCUT2D eigenvalue weighted by Gasteiger charge is 2.02. The summed E-state index contributed by atoms with van der Waals surface area (Å²) in [4.78, 5) is 4.21. The minimum atomic E-state index is 0.440. The quantitative estimate of drug-likeness (QED) is 0.433. The lowest BCUT2D eigenvalue weighted by atomic mass is 10.2. The van der Waals surface area contributed by atoms with E-state index in [2.05, 4.69) is 24.2 Å². The molecule has 118 valence electrons. The first-order valence-electron chi connectivity index (χ1n) is 6.94. The Labute approximate surface area is 126 Å². The van der Waals surface area contributed by atoms with E-state index < -0.39 is 0 Å². The van der Waals surface area contributed by atoms with Gasteiger partial charge in [-0.1, -0.05) is 13.8 Å². The molecular weight excluding hydrogens is 270 g/mol. The molecule has 0 aliphatic carbocycles. The van der Waals surface area contributed by atoms with E-state index in [9.17, 15) is 0 Å². The average Bonchev–Trinajstić information content (AvgIpc) is 2.49. The fourth-order valence-corrected chi connectivity index (χ4v) is 1.55. The summed E-state index contributed by atoms with van der Waals surface area (Å²) in [5, 5.41) is 3.01.